The standard InChI is InChI=1S/C17H14N2O2.C3H4O/c1-18-15-6-2-4-11-8-9-12(10-13(11)15)14-5-3-7-16(19-14)17(20)21;1-2-3-4/h2-10,18H,1H3,(H,20,21);2-3H,1H2. The summed E-state index contributed by atoms with van der Waals surface area (Å²) in [4.78, 5) is 24.3. The van der Waals surface area contributed by atoms with Crippen molar-refractivity contribution in [1.82, 2.24) is 4.98 Å². The molecule has 1 heterocycles. The van der Waals surface area contributed by atoms with Crippen LogP contribution in [0.4, 0.5) is 5.69 Å². The first-order valence-electron chi connectivity index (χ1n) is 7.58. The maximum atomic E-state index is 11.0. The van der Waals surface area contributed by atoms with E-state index in [1.165, 1.54) is 12.1 Å². The molecule has 0 aliphatic carbocycles. The number of nitrogens with zero attached hydrogens (tertiary/aromatic N) is 1. The van der Waals surface area contributed by atoms with Crippen molar-refractivity contribution in [2.24, 2.45) is 0 Å². The van der Waals surface area contributed by atoms with Gasteiger partial charge in [0.15, 0.2) is 0 Å². The molecule has 3 aromatic rings. The van der Waals surface area contributed by atoms with Crippen LogP contribution in [0.2, 0.25) is 0 Å². The lowest BCUT2D eigenvalue weighted by Gasteiger charge is -2.08. The number of carboxylic acid groups (broad SMARTS) is 1. The van der Waals surface area contributed by atoms with Crippen LogP contribution < -0.4 is 5.32 Å². The Balaban J connectivity index is 0.000000511. The first kappa shape index (κ1) is 17.9. The van der Waals surface area contributed by atoms with Crippen molar-refractivity contribution in [2.75, 3.05) is 12.4 Å². The zero-order chi connectivity index (χ0) is 18.2. The quantitative estimate of drug-likeness (QED) is 0.556. The molecular formula is C20H18N2O3. The molecule has 2 N–H and O–H groups in total. The van der Waals surface area contributed by atoms with Gasteiger partial charge in [0.2, 0.25) is 0 Å². The van der Waals surface area contributed by atoms with Crippen LogP contribution in [-0.2, 0) is 4.79 Å². The molecule has 0 atom stereocenters. The van der Waals surface area contributed by atoms with Crippen LogP contribution in [0.5, 0.6) is 0 Å². The van der Waals surface area contributed by atoms with Crippen molar-refractivity contribution in [3.8, 4) is 11.3 Å². The molecule has 0 bridgehead atoms. The predicted octanol–water partition coefficient (Wildman–Crippen LogP) is 4.01. The van der Waals surface area contributed by atoms with Crippen molar-refractivity contribution in [3.05, 3.63) is 72.9 Å². The number of rotatable bonds is 4. The Morgan fingerprint density at radius 1 is 1.16 bits per heavy atom. The van der Waals surface area contributed by atoms with E-state index in [2.05, 4.69) is 16.9 Å². The topological polar surface area (TPSA) is 79.3 Å². The van der Waals surface area contributed by atoms with Gasteiger partial charge in [-0.2, -0.15) is 0 Å². The fourth-order valence-electron chi connectivity index (χ4n) is 2.36. The highest BCUT2D eigenvalue weighted by atomic mass is 16.4. The van der Waals surface area contributed by atoms with Crippen molar-refractivity contribution in [3.63, 3.8) is 0 Å². The number of allylic oxidation sites excluding steroid dienone is 1. The third kappa shape index (κ3) is 4.29. The lowest BCUT2D eigenvalue weighted by molar-refractivity contribution is -0.104. The van der Waals surface area contributed by atoms with Gasteiger partial charge >= 0.3 is 5.97 Å². The molecule has 0 amide bonds. The van der Waals surface area contributed by atoms with Crippen LogP contribution in [0.3, 0.4) is 0 Å². The van der Waals surface area contributed by atoms with E-state index >= 15 is 0 Å². The van der Waals surface area contributed by atoms with E-state index in [-0.39, 0.29) is 5.69 Å². The minimum atomic E-state index is -1.02. The maximum absolute atomic E-state index is 11.0. The number of carbonyl (C=O) groups excluding carboxylic acids is 1. The Morgan fingerprint density at radius 3 is 2.52 bits per heavy atom. The van der Waals surface area contributed by atoms with E-state index in [4.69, 9.17) is 9.90 Å². The van der Waals surface area contributed by atoms with Crippen LogP contribution >= 0.6 is 0 Å². The number of hydrogen-bond donors (Lipinski definition) is 2. The Kier molecular flexibility index (Phi) is 6.01. The summed E-state index contributed by atoms with van der Waals surface area (Å²) < 4.78 is 0. The average Bonchev–Trinajstić information content (AvgIpc) is 2.67. The molecule has 25 heavy (non-hydrogen) atoms. The summed E-state index contributed by atoms with van der Waals surface area (Å²) in [6.07, 6.45) is 1.83. The van der Waals surface area contributed by atoms with Crippen molar-refractivity contribution in [2.45, 2.75) is 0 Å². The van der Waals surface area contributed by atoms with Gasteiger partial charge in [0.1, 0.15) is 12.0 Å². The lowest BCUT2D eigenvalue weighted by Crippen LogP contribution is -2.00. The molecule has 0 unspecified atom stereocenters. The number of aldehydes is 1. The molecule has 0 saturated carbocycles. The number of nitrogens with one attached hydrogen (secondary N) is 1. The molecule has 0 spiro atoms. The highest BCUT2D eigenvalue weighted by Crippen LogP contribution is 2.28. The SMILES string of the molecule is C=CC=O.CNc1cccc2ccc(-c3cccc(C(=O)O)n3)cc12. The van der Waals surface area contributed by atoms with E-state index in [0.717, 1.165) is 22.0 Å². The predicted molar refractivity (Wildman–Crippen MR) is 99.9 cm³/mol. The first-order chi connectivity index (χ1) is 12.1. The number of anilines is 1. The molecule has 0 aliphatic heterocycles. The van der Waals surface area contributed by atoms with Crippen LogP contribution in [0.25, 0.3) is 22.0 Å². The number of carboxylic acids is 1. The summed E-state index contributed by atoms with van der Waals surface area (Å²) in [6.45, 7) is 3.11. The van der Waals surface area contributed by atoms with Gasteiger partial charge in [0.25, 0.3) is 0 Å². The summed E-state index contributed by atoms with van der Waals surface area (Å²) in [5, 5.41) is 14.4. The Morgan fingerprint density at radius 2 is 1.88 bits per heavy atom. The molecular weight excluding hydrogens is 316 g/mol. The number of carbonyl (C=O) groups is 2. The normalized spacial score (nSPS) is 9.64. The zero-order valence-electron chi connectivity index (χ0n) is 13.8. The highest BCUT2D eigenvalue weighted by Gasteiger charge is 2.08. The molecule has 3 rings (SSSR count). The lowest BCUT2D eigenvalue weighted by atomic mass is 10.0. The Hall–Kier alpha value is -3.47. The molecule has 1 aromatic heterocycles. The largest absolute Gasteiger partial charge is 0.477 e. The Labute approximate surface area is 145 Å². The fraction of sp³-hybridized carbons (Fsp3) is 0.0500. The van der Waals surface area contributed by atoms with Gasteiger partial charge in [-0.1, -0.05) is 36.9 Å². The molecule has 126 valence electrons. The molecule has 0 radical (unpaired) electrons. The number of aromatic nitrogens is 1. The summed E-state index contributed by atoms with van der Waals surface area (Å²) in [5.41, 5.74) is 2.63. The molecule has 0 fully saturated rings. The number of benzene rings is 2. The molecule has 0 saturated heterocycles. The number of fused-ring (bicyclic) bond motifs is 1. The summed E-state index contributed by atoms with van der Waals surface area (Å²) >= 11 is 0. The maximum Gasteiger partial charge on any atom is 0.354 e. The van der Waals surface area contributed by atoms with Crippen molar-refractivity contribution in [1.29, 1.82) is 0 Å². The highest BCUT2D eigenvalue weighted by molar-refractivity contribution is 5.96. The van der Waals surface area contributed by atoms with Gasteiger partial charge in [-0.15, -0.1) is 0 Å². The minimum absolute atomic E-state index is 0.0505. The second-order valence-corrected chi connectivity index (χ2v) is 5.08. The van der Waals surface area contributed by atoms with Gasteiger partial charge < -0.3 is 10.4 Å². The van der Waals surface area contributed by atoms with Crippen molar-refractivity contribution < 1.29 is 14.7 Å². The molecule has 5 heteroatoms. The number of hydrogen-bond acceptors (Lipinski definition) is 4. The summed E-state index contributed by atoms with van der Waals surface area (Å²) in [6, 6.07) is 17.1. The molecule has 0 aliphatic rings. The van der Waals surface area contributed by atoms with E-state index in [1.807, 2.05) is 49.5 Å². The van der Waals surface area contributed by atoms with Gasteiger partial charge in [0, 0.05) is 23.7 Å². The van der Waals surface area contributed by atoms with Gasteiger partial charge in [-0.3, -0.25) is 4.79 Å². The number of pyridine rings is 1. The van der Waals surface area contributed by atoms with Gasteiger partial charge in [0.05, 0.1) is 5.69 Å². The van der Waals surface area contributed by atoms with E-state index in [0.29, 0.717) is 12.0 Å². The van der Waals surface area contributed by atoms with Crippen molar-refractivity contribution >= 4 is 28.7 Å². The number of aromatic carboxylic acids is 1. The third-order valence-corrected chi connectivity index (χ3v) is 3.51. The van der Waals surface area contributed by atoms with Crippen LogP contribution in [0.15, 0.2) is 67.3 Å². The monoisotopic (exact) mass is 334 g/mol. The average molecular weight is 334 g/mol. The van der Waals surface area contributed by atoms with Crippen LogP contribution in [0, 0.1) is 0 Å². The summed E-state index contributed by atoms with van der Waals surface area (Å²) in [7, 11) is 1.88. The minimum Gasteiger partial charge on any atom is -0.477 e. The van der Waals surface area contributed by atoms with Crippen LogP contribution in [0.1, 0.15) is 10.5 Å². The fourth-order valence-corrected chi connectivity index (χ4v) is 2.36. The van der Waals surface area contributed by atoms with E-state index in [9.17, 15) is 4.79 Å². The van der Waals surface area contributed by atoms with Gasteiger partial charge in [-0.25, -0.2) is 9.78 Å². The Bertz CT molecular complexity index is 914. The summed E-state index contributed by atoms with van der Waals surface area (Å²) in [5.74, 6) is -1.02. The smallest absolute Gasteiger partial charge is 0.354 e. The van der Waals surface area contributed by atoms with Crippen LogP contribution in [-0.4, -0.2) is 29.4 Å². The molecule has 2 aromatic carbocycles. The second-order valence-electron chi connectivity index (χ2n) is 5.08. The van der Waals surface area contributed by atoms with E-state index in [1.54, 1.807) is 6.07 Å². The van der Waals surface area contributed by atoms with E-state index < -0.39 is 5.97 Å². The van der Waals surface area contributed by atoms with Gasteiger partial charge in [-0.05, 0) is 35.7 Å². The first-order valence-corrected chi connectivity index (χ1v) is 7.58. The third-order valence-electron chi connectivity index (χ3n) is 3.51. The zero-order valence-corrected chi connectivity index (χ0v) is 13.8. The second kappa shape index (κ2) is 8.40. The molecule has 5 nitrogen and oxygen atoms in total.